The minimum absolute atomic E-state index is 0.268. The zero-order valence-corrected chi connectivity index (χ0v) is 9.52. The van der Waals surface area contributed by atoms with Crippen LogP contribution in [-0.4, -0.2) is 55.6 Å². The molecule has 0 aliphatic carbocycles. The average Bonchev–Trinajstić information content (AvgIpc) is 2.28. The Kier molecular flexibility index (Phi) is 4.18. The fourth-order valence-electron chi connectivity index (χ4n) is 1.67. The van der Waals surface area contributed by atoms with Crippen molar-refractivity contribution in [3.63, 3.8) is 0 Å². The first kappa shape index (κ1) is 14.9. The van der Waals surface area contributed by atoms with Crippen LogP contribution in [0.3, 0.4) is 0 Å². The van der Waals surface area contributed by atoms with Crippen LogP contribution >= 0.6 is 0 Å². The quantitative estimate of drug-likeness (QED) is 0.376. The smallest absolute Gasteiger partial charge is 0.235 e. The molecule has 1 aliphatic rings. The van der Waals surface area contributed by atoms with Crippen molar-refractivity contribution in [2.24, 2.45) is 0 Å². The number of nitro groups is 4. The molecule has 16 heteroatoms. The lowest BCUT2D eigenvalue weighted by atomic mass is 10.3. The van der Waals surface area contributed by atoms with Crippen LogP contribution < -0.4 is 10.9 Å². The second-order valence-electron chi connectivity index (χ2n) is 3.46. The van der Waals surface area contributed by atoms with E-state index >= 15 is 0 Å². The number of rotatable bonds is 6. The second kappa shape index (κ2) is 5.63. The van der Waals surface area contributed by atoms with Gasteiger partial charge in [-0.15, -0.1) is 10.9 Å². The molecule has 2 N–H and O–H groups in total. The number of nitrogens with zero attached hydrogens (tertiary/aromatic N) is 6. The summed E-state index contributed by atoms with van der Waals surface area (Å²) in [5.74, 6) is 0. The number of piperazine rings is 1. The molecule has 16 nitrogen and oxygen atoms in total. The van der Waals surface area contributed by atoms with E-state index in [9.17, 15) is 40.5 Å². The van der Waals surface area contributed by atoms with E-state index in [1.54, 1.807) is 0 Å². The lowest BCUT2D eigenvalue weighted by Gasteiger charge is -2.34. The standard InChI is InChI=1S/C4H8N8O8/c13-9(14)5-3-4(6-10(15)16)8(12(19)20)2-1-7(3)11(17)18/h3-6H,1-2H2. The maximum Gasteiger partial charge on any atom is 0.263 e. The van der Waals surface area contributed by atoms with E-state index < -0.39 is 45.6 Å². The van der Waals surface area contributed by atoms with E-state index in [0.717, 1.165) is 0 Å². The number of hydrazine groups is 4. The third-order valence-corrected chi connectivity index (χ3v) is 2.39. The van der Waals surface area contributed by atoms with E-state index in [2.05, 4.69) is 0 Å². The second-order valence-corrected chi connectivity index (χ2v) is 3.46. The molecule has 0 amide bonds. The van der Waals surface area contributed by atoms with Crippen LogP contribution in [0.4, 0.5) is 0 Å². The van der Waals surface area contributed by atoms with Gasteiger partial charge in [0, 0.05) is 0 Å². The Morgan fingerprint density at radius 3 is 1.25 bits per heavy atom. The fraction of sp³-hybridized carbons (Fsp3) is 1.00. The molecule has 2 unspecified atom stereocenters. The molecule has 1 aliphatic heterocycles. The van der Waals surface area contributed by atoms with Gasteiger partial charge in [0.2, 0.25) is 0 Å². The summed E-state index contributed by atoms with van der Waals surface area (Å²) in [6.07, 6.45) is -3.82. The first-order valence-corrected chi connectivity index (χ1v) is 4.87. The molecular formula is C4H8N8O8. The van der Waals surface area contributed by atoms with Crippen LogP contribution in [0.15, 0.2) is 0 Å². The van der Waals surface area contributed by atoms with Crippen LogP contribution in [-0.2, 0) is 0 Å². The van der Waals surface area contributed by atoms with Gasteiger partial charge in [0.05, 0.1) is 0 Å². The highest BCUT2D eigenvalue weighted by Gasteiger charge is 2.51. The summed E-state index contributed by atoms with van der Waals surface area (Å²) >= 11 is 0. The average molecular weight is 296 g/mol. The Bertz CT molecular complexity index is 400. The number of hydrogen-bond donors (Lipinski definition) is 2. The van der Waals surface area contributed by atoms with Crippen molar-refractivity contribution in [2.75, 3.05) is 13.1 Å². The fourth-order valence-corrected chi connectivity index (χ4v) is 1.67. The van der Waals surface area contributed by atoms with Gasteiger partial charge in [0.1, 0.15) is 13.1 Å². The molecule has 0 bridgehead atoms. The van der Waals surface area contributed by atoms with Gasteiger partial charge in [0.25, 0.3) is 12.3 Å². The lowest BCUT2D eigenvalue weighted by Crippen LogP contribution is -2.72. The molecule has 20 heavy (non-hydrogen) atoms. The summed E-state index contributed by atoms with van der Waals surface area (Å²) < 4.78 is 0. The molecule has 0 aromatic rings. The first-order valence-electron chi connectivity index (χ1n) is 4.87. The predicted octanol–water partition coefficient (Wildman–Crippen LogP) is -2.80. The van der Waals surface area contributed by atoms with Gasteiger partial charge >= 0.3 is 0 Å². The molecule has 0 aromatic carbocycles. The summed E-state index contributed by atoms with van der Waals surface area (Å²) in [5.41, 5.74) is 2.89. The monoisotopic (exact) mass is 296 g/mol. The van der Waals surface area contributed by atoms with Crippen LogP contribution in [0.1, 0.15) is 0 Å². The summed E-state index contributed by atoms with van der Waals surface area (Å²) in [7, 11) is 0. The zero-order chi connectivity index (χ0) is 15.4. The van der Waals surface area contributed by atoms with Crippen molar-refractivity contribution in [2.45, 2.75) is 12.3 Å². The predicted molar refractivity (Wildman–Crippen MR) is 55.2 cm³/mol. The van der Waals surface area contributed by atoms with Crippen LogP contribution in [0.2, 0.25) is 0 Å². The number of nitrogens with one attached hydrogen (secondary N) is 2. The van der Waals surface area contributed by atoms with Gasteiger partial charge < -0.3 is 0 Å². The minimum atomic E-state index is -1.91. The molecule has 1 heterocycles. The zero-order valence-electron chi connectivity index (χ0n) is 9.52. The molecule has 1 rings (SSSR count). The van der Waals surface area contributed by atoms with Crippen molar-refractivity contribution >= 4 is 0 Å². The Hall–Kier alpha value is -3.20. The molecule has 0 spiro atoms. The van der Waals surface area contributed by atoms with Crippen molar-refractivity contribution in [3.8, 4) is 0 Å². The van der Waals surface area contributed by atoms with E-state index in [-0.39, 0.29) is 10.0 Å². The summed E-state index contributed by atoms with van der Waals surface area (Å²) in [4.78, 5) is 42.3. The van der Waals surface area contributed by atoms with Crippen molar-refractivity contribution in [1.82, 2.24) is 20.9 Å². The van der Waals surface area contributed by atoms with Gasteiger partial charge in [-0.05, 0) is 0 Å². The van der Waals surface area contributed by atoms with Gasteiger partial charge in [-0.25, -0.2) is 40.5 Å². The van der Waals surface area contributed by atoms with Crippen LogP contribution in [0.5, 0.6) is 0 Å². The van der Waals surface area contributed by atoms with Crippen LogP contribution in [0, 0.1) is 40.5 Å². The van der Waals surface area contributed by atoms with Crippen molar-refractivity contribution in [3.05, 3.63) is 40.5 Å². The molecule has 0 radical (unpaired) electrons. The SMILES string of the molecule is O=[N+]([O-])NC1C(N[N+](=O)[O-])N([N+](=O)[O-])CCN1[N+](=O)[O-]. The van der Waals surface area contributed by atoms with E-state index in [0.29, 0.717) is 0 Å². The van der Waals surface area contributed by atoms with Gasteiger partial charge in [-0.1, -0.05) is 10.0 Å². The van der Waals surface area contributed by atoms with E-state index in [1.807, 2.05) is 0 Å². The Labute approximate surface area is 108 Å². The molecular weight excluding hydrogens is 288 g/mol. The normalized spacial score (nSPS) is 22.0. The Morgan fingerprint density at radius 1 is 0.750 bits per heavy atom. The number of hydrogen-bond acceptors (Lipinski definition) is 8. The molecule has 1 fully saturated rings. The summed E-state index contributed by atoms with van der Waals surface area (Å²) in [5, 5.41) is 38.4. The first-order chi connectivity index (χ1) is 9.23. The highest BCUT2D eigenvalue weighted by molar-refractivity contribution is 4.78. The maximum atomic E-state index is 10.7. The summed E-state index contributed by atoms with van der Waals surface area (Å²) in [6.45, 7) is -1.06. The van der Waals surface area contributed by atoms with E-state index in [4.69, 9.17) is 0 Å². The molecule has 0 saturated carbocycles. The van der Waals surface area contributed by atoms with Crippen molar-refractivity contribution < 1.29 is 20.1 Å². The lowest BCUT2D eigenvalue weighted by molar-refractivity contribution is -0.734. The molecule has 1 saturated heterocycles. The van der Waals surface area contributed by atoms with Gasteiger partial charge in [0.15, 0.2) is 20.1 Å². The minimum Gasteiger partial charge on any atom is -0.235 e. The topological polar surface area (TPSA) is 203 Å². The molecule has 0 aromatic heterocycles. The Morgan fingerprint density at radius 2 is 1.05 bits per heavy atom. The van der Waals surface area contributed by atoms with Gasteiger partial charge in [-0.2, -0.15) is 0 Å². The maximum absolute atomic E-state index is 10.7. The highest BCUT2D eigenvalue weighted by atomic mass is 16.7. The molecule has 112 valence electrons. The largest absolute Gasteiger partial charge is 0.263 e. The third kappa shape index (κ3) is 3.17. The Balaban J connectivity index is 3.10. The molecule has 2 atom stereocenters. The van der Waals surface area contributed by atoms with E-state index in [1.165, 1.54) is 10.9 Å². The van der Waals surface area contributed by atoms with Crippen LogP contribution in [0.25, 0.3) is 0 Å². The summed E-state index contributed by atoms with van der Waals surface area (Å²) in [6, 6.07) is 0. The van der Waals surface area contributed by atoms with Gasteiger partial charge in [-0.3, -0.25) is 0 Å². The third-order valence-electron chi connectivity index (χ3n) is 2.39. The van der Waals surface area contributed by atoms with Crippen molar-refractivity contribution in [1.29, 1.82) is 0 Å². The highest BCUT2D eigenvalue weighted by Crippen LogP contribution is 2.14.